The van der Waals surface area contributed by atoms with Crippen LogP contribution in [0.5, 0.6) is 0 Å². The average Bonchev–Trinajstić information content (AvgIpc) is 2.43. The molecule has 0 saturated carbocycles. The highest BCUT2D eigenvalue weighted by Gasteiger charge is 2.45. The van der Waals surface area contributed by atoms with Gasteiger partial charge >= 0.3 is 0 Å². The lowest BCUT2D eigenvalue weighted by molar-refractivity contribution is -0.156. The van der Waals surface area contributed by atoms with Gasteiger partial charge in [-0.3, -0.25) is 14.6 Å². The van der Waals surface area contributed by atoms with Gasteiger partial charge in [-0.2, -0.15) is 0 Å². The maximum absolute atomic E-state index is 12.6. The van der Waals surface area contributed by atoms with Crippen LogP contribution in [0, 0.1) is 0 Å². The van der Waals surface area contributed by atoms with Crippen LogP contribution in [0.15, 0.2) is 18.5 Å². The Labute approximate surface area is 129 Å². The molecule has 1 aliphatic rings. The summed E-state index contributed by atoms with van der Waals surface area (Å²) in [7, 11) is 0. The van der Waals surface area contributed by atoms with E-state index in [9.17, 15) is 9.59 Å². The van der Waals surface area contributed by atoms with E-state index in [1.807, 2.05) is 6.92 Å². The Hall–Kier alpha value is -1.62. The molecule has 1 aliphatic heterocycles. The number of rotatable bonds is 4. The van der Waals surface area contributed by atoms with Gasteiger partial charge < -0.3 is 10.2 Å². The van der Waals surface area contributed by atoms with Crippen LogP contribution >= 0.6 is 11.6 Å². The van der Waals surface area contributed by atoms with Crippen molar-refractivity contribution in [1.82, 2.24) is 15.2 Å². The van der Waals surface area contributed by atoms with Crippen molar-refractivity contribution < 1.29 is 9.59 Å². The Kier molecular flexibility index (Phi) is 4.52. The molecule has 1 atom stereocenters. The smallest absolute Gasteiger partial charge is 0.246 e. The molecule has 0 aromatic carbocycles. The maximum Gasteiger partial charge on any atom is 0.246 e. The Balaban J connectivity index is 2.30. The number of amides is 2. The van der Waals surface area contributed by atoms with Crippen molar-refractivity contribution in [2.45, 2.75) is 51.7 Å². The third-order valence-corrected chi connectivity index (χ3v) is 4.20. The summed E-state index contributed by atoms with van der Waals surface area (Å²) in [6.45, 7) is 5.79. The number of nitrogens with zero attached hydrogens (tertiary/aromatic N) is 2. The fourth-order valence-electron chi connectivity index (χ4n) is 2.45. The quantitative estimate of drug-likeness (QED) is 0.927. The fourth-order valence-corrected chi connectivity index (χ4v) is 2.62. The van der Waals surface area contributed by atoms with Crippen molar-refractivity contribution in [3.8, 4) is 0 Å². The molecule has 1 unspecified atom stereocenters. The van der Waals surface area contributed by atoms with E-state index < -0.39 is 11.6 Å². The number of aromatic nitrogens is 1. The minimum Gasteiger partial charge on any atom is -0.342 e. The van der Waals surface area contributed by atoms with E-state index in [1.54, 1.807) is 37.2 Å². The van der Waals surface area contributed by atoms with Crippen LogP contribution in [0.25, 0.3) is 0 Å². The highest BCUT2D eigenvalue weighted by Crippen LogP contribution is 2.26. The predicted molar refractivity (Wildman–Crippen MR) is 80.7 cm³/mol. The lowest BCUT2D eigenvalue weighted by Crippen LogP contribution is -2.67. The number of carbonyl (C=O) groups is 2. The second-order valence-corrected chi connectivity index (χ2v) is 6.17. The van der Waals surface area contributed by atoms with Gasteiger partial charge in [-0.05, 0) is 31.9 Å². The van der Waals surface area contributed by atoms with Crippen molar-refractivity contribution >= 4 is 23.4 Å². The van der Waals surface area contributed by atoms with Crippen molar-refractivity contribution in [1.29, 1.82) is 0 Å². The van der Waals surface area contributed by atoms with Gasteiger partial charge in [0.1, 0.15) is 11.6 Å². The largest absolute Gasteiger partial charge is 0.342 e. The van der Waals surface area contributed by atoms with E-state index in [4.69, 9.17) is 11.6 Å². The molecular formula is C15H20ClN3O2. The summed E-state index contributed by atoms with van der Waals surface area (Å²) in [6.07, 6.45) is 4.65. The molecule has 0 radical (unpaired) electrons. The molecule has 21 heavy (non-hydrogen) atoms. The highest BCUT2D eigenvalue weighted by atomic mass is 35.5. The number of hydrogen-bond acceptors (Lipinski definition) is 3. The molecule has 0 aliphatic carbocycles. The topological polar surface area (TPSA) is 62.3 Å². The summed E-state index contributed by atoms with van der Waals surface area (Å²) in [6, 6.07) is 1.32. The van der Waals surface area contributed by atoms with Gasteiger partial charge in [0, 0.05) is 18.9 Å². The van der Waals surface area contributed by atoms with Crippen molar-refractivity contribution in [2.75, 3.05) is 0 Å². The second-order valence-electron chi connectivity index (χ2n) is 5.77. The normalized spacial score (nSPS) is 21.3. The number of halogens is 1. The SMILES string of the molecule is CCCC1NC(=O)C(C)(C)N(Cc2ccncc2Cl)C1=O. The third-order valence-electron chi connectivity index (χ3n) is 3.86. The molecule has 1 aromatic heterocycles. The van der Waals surface area contributed by atoms with Crippen LogP contribution < -0.4 is 5.32 Å². The van der Waals surface area contributed by atoms with Crippen molar-refractivity contribution in [3.05, 3.63) is 29.0 Å². The molecule has 1 fully saturated rings. The van der Waals surface area contributed by atoms with E-state index in [-0.39, 0.29) is 11.8 Å². The summed E-state index contributed by atoms with van der Waals surface area (Å²) >= 11 is 6.12. The molecule has 0 spiro atoms. The Morgan fingerprint density at radius 3 is 2.76 bits per heavy atom. The van der Waals surface area contributed by atoms with Crippen LogP contribution in [0.3, 0.4) is 0 Å². The molecule has 6 heteroatoms. The van der Waals surface area contributed by atoms with Crippen molar-refractivity contribution in [2.24, 2.45) is 0 Å². The molecule has 0 bridgehead atoms. The summed E-state index contributed by atoms with van der Waals surface area (Å²) < 4.78 is 0. The summed E-state index contributed by atoms with van der Waals surface area (Å²) in [4.78, 5) is 30.5. The first kappa shape index (κ1) is 15.8. The zero-order chi connectivity index (χ0) is 15.6. The van der Waals surface area contributed by atoms with E-state index >= 15 is 0 Å². The monoisotopic (exact) mass is 309 g/mol. The number of nitrogens with one attached hydrogen (secondary N) is 1. The Bertz CT molecular complexity index is 560. The van der Waals surface area contributed by atoms with E-state index in [0.29, 0.717) is 18.0 Å². The summed E-state index contributed by atoms with van der Waals surface area (Å²) in [5, 5.41) is 3.31. The summed E-state index contributed by atoms with van der Waals surface area (Å²) in [5.74, 6) is -0.194. The van der Waals surface area contributed by atoms with Gasteiger partial charge in [0.05, 0.1) is 5.02 Å². The van der Waals surface area contributed by atoms with Gasteiger partial charge in [-0.25, -0.2) is 0 Å². The molecule has 114 valence electrons. The molecular weight excluding hydrogens is 290 g/mol. The predicted octanol–water partition coefficient (Wildman–Crippen LogP) is 2.14. The van der Waals surface area contributed by atoms with Gasteiger partial charge in [0.2, 0.25) is 11.8 Å². The number of carbonyl (C=O) groups excluding carboxylic acids is 2. The second kappa shape index (κ2) is 6.02. The van der Waals surface area contributed by atoms with Crippen LogP contribution in [0.1, 0.15) is 39.2 Å². The average molecular weight is 310 g/mol. The maximum atomic E-state index is 12.6. The number of pyridine rings is 1. The molecule has 1 aromatic rings. The lowest BCUT2D eigenvalue weighted by Gasteiger charge is -2.44. The Morgan fingerprint density at radius 1 is 1.43 bits per heavy atom. The van der Waals surface area contributed by atoms with E-state index in [2.05, 4.69) is 10.3 Å². The zero-order valence-electron chi connectivity index (χ0n) is 12.5. The van der Waals surface area contributed by atoms with Gasteiger partial charge in [-0.1, -0.05) is 24.9 Å². The number of hydrogen-bond donors (Lipinski definition) is 1. The minimum atomic E-state index is -0.895. The standard InChI is InChI=1S/C15H20ClN3O2/c1-4-5-12-13(20)19(15(2,3)14(21)18-12)9-10-6-7-17-8-11(10)16/h6-8,12H,4-5,9H2,1-3H3,(H,18,21). The lowest BCUT2D eigenvalue weighted by atomic mass is 9.93. The first-order valence-electron chi connectivity index (χ1n) is 7.08. The summed E-state index contributed by atoms with van der Waals surface area (Å²) in [5.41, 5.74) is -0.105. The Morgan fingerprint density at radius 2 is 2.14 bits per heavy atom. The van der Waals surface area contributed by atoms with Gasteiger partial charge in [0.15, 0.2) is 0 Å². The molecule has 2 amide bonds. The molecule has 2 heterocycles. The molecule has 2 rings (SSSR count). The first-order chi connectivity index (χ1) is 9.87. The minimum absolute atomic E-state index is 0.0608. The highest BCUT2D eigenvalue weighted by molar-refractivity contribution is 6.31. The van der Waals surface area contributed by atoms with Crippen LogP contribution in [0.2, 0.25) is 5.02 Å². The molecule has 5 nitrogen and oxygen atoms in total. The third kappa shape index (κ3) is 3.02. The van der Waals surface area contributed by atoms with E-state index in [1.165, 1.54) is 0 Å². The van der Waals surface area contributed by atoms with E-state index in [0.717, 1.165) is 12.0 Å². The number of piperazine rings is 1. The first-order valence-corrected chi connectivity index (χ1v) is 7.46. The van der Waals surface area contributed by atoms with Crippen LogP contribution in [0.4, 0.5) is 0 Å². The van der Waals surface area contributed by atoms with Gasteiger partial charge in [-0.15, -0.1) is 0 Å². The molecule has 1 saturated heterocycles. The molecule has 1 N–H and O–H groups in total. The van der Waals surface area contributed by atoms with Crippen molar-refractivity contribution in [3.63, 3.8) is 0 Å². The zero-order valence-corrected chi connectivity index (χ0v) is 13.3. The van der Waals surface area contributed by atoms with Crippen LogP contribution in [-0.2, 0) is 16.1 Å². The van der Waals surface area contributed by atoms with Crippen LogP contribution in [-0.4, -0.2) is 33.3 Å². The van der Waals surface area contributed by atoms with Gasteiger partial charge in [0.25, 0.3) is 0 Å². The fraction of sp³-hybridized carbons (Fsp3) is 0.533.